The topological polar surface area (TPSA) is 38.3 Å². The van der Waals surface area contributed by atoms with Gasteiger partial charge in [-0.15, -0.1) is 0 Å². The van der Waals surface area contributed by atoms with E-state index in [1.54, 1.807) is 0 Å². The average Bonchev–Trinajstić information content (AvgIpc) is 2.16. The molecule has 84 valence electrons. The second-order valence-electron chi connectivity index (χ2n) is 3.54. The Morgan fingerprint density at radius 3 is 2.64 bits per heavy atom. The largest absolute Gasteiger partial charge is 0.468 e. The van der Waals surface area contributed by atoms with Crippen LogP contribution in [0, 0.1) is 5.92 Å². The number of esters is 1. The molecule has 2 atom stereocenters. The van der Waals surface area contributed by atoms with E-state index in [2.05, 4.69) is 46.5 Å². The van der Waals surface area contributed by atoms with Crippen molar-refractivity contribution in [2.75, 3.05) is 20.2 Å². The number of carbonyl (C=O) groups is 1. The van der Waals surface area contributed by atoms with Gasteiger partial charge in [-0.3, -0.25) is 4.79 Å². The minimum Gasteiger partial charge on any atom is -0.468 e. The summed E-state index contributed by atoms with van der Waals surface area (Å²) in [4.78, 5) is 11.0. The van der Waals surface area contributed by atoms with Crippen molar-refractivity contribution in [3.63, 3.8) is 0 Å². The quantitative estimate of drug-likeness (QED) is 0.444. The van der Waals surface area contributed by atoms with Crippen LogP contribution < -0.4 is 5.32 Å². The van der Waals surface area contributed by atoms with Gasteiger partial charge in [-0.25, -0.2) is 0 Å². The van der Waals surface area contributed by atoms with E-state index >= 15 is 0 Å². The number of methoxy groups -OCH3 is 1. The lowest BCUT2D eigenvalue weighted by Crippen LogP contribution is -2.32. The van der Waals surface area contributed by atoms with Crippen LogP contribution in [0.5, 0.6) is 0 Å². The van der Waals surface area contributed by atoms with E-state index in [9.17, 15) is 4.79 Å². The SMILES string of the molecule is CCCC(C)CNCC(I)C(=O)OC. The highest BCUT2D eigenvalue weighted by Gasteiger charge is 2.14. The molecule has 0 aliphatic heterocycles. The zero-order valence-electron chi connectivity index (χ0n) is 9.18. The van der Waals surface area contributed by atoms with E-state index < -0.39 is 0 Å². The highest BCUT2D eigenvalue weighted by molar-refractivity contribution is 14.1. The summed E-state index contributed by atoms with van der Waals surface area (Å²) in [6, 6.07) is 0. The first-order chi connectivity index (χ1) is 6.61. The second-order valence-corrected chi connectivity index (χ2v) is 5.05. The molecule has 0 saturated heterocycles. The maximum Gasteiger partial charge on any atom is 0.319 e. The molecular formula is C10H20INO2. The van der Waals surface area contributed by atoms with E-state index in [-0.39, 0.29) is 9.89 Å². The molecular weight excluding hydrogens is 293 g/mol. The van der Waals surface area contributed by atoms with Gasteiger partial charge in [0.2, 0.25) is 0 Å². The molecule has 0 saturated carbocycles. The number of ether oxygens (including phenoxy) is 1. The van der Waals surface area contributed by atoms with Gasteiger partial charge in [0.25, 0.3) is 0 Å². The van der Waals surface area contributed by atoms with Crippen molar-refractivity contribution in [3.8, 4) is 0 Å². The molecule has 0 aromatic rings. The summed E-state index contributed by atoms with van der Waals surface area (Å²) >= 11 is 2.10. The maximum atomic E-state index is 11.0. The first kappa shape index (κ1) is 14.2. The third kappa shape index (κ3) is 6.59. The Morgan fingerprint density at radius 1 is 1.50 bits per heavy atom. The molecule has 0 aliphatic carbocycles. The smallest absolute Gasteiger partial charge is 0.319 e. The fourth-order valence-corrected chi connectivity index (χ4v) is 1.83. The van der Waals surface area contributed by atoms with Crippen molar-refractivity contribution in [2.24, 2.45) is 5.92 Å². The van der Waals surface area contributed by atoms with E-state index in [1.165, 1.54) is 20.0 Å². The van der Waals surface area contributed by atoms with Gasteiger partial charge in [-0.1, -0.05) is 42.9 Å². The summed E-state index contributed by atoms with van der Waals surface area (Å²) in [7, 11) is 1.42. The van der Waals surface area contributed by atoms with Crippen molar-refractivity contribution in [1.82, 2.24) is 5.32 Å². The first-order valence-corrected chi connectivity index (χ1v) is 6.29. The van der Waals surface area contributed by atoms with Crippen LogP contribution in [0.2, 0.25) is 0 Å². The lowest BCUT2D eigenvalue weighted by atomic mass is 10.1. The molecule has 0 bridgehead atoms. The number of nitrogens with one attached hydrogen (secondary N) is 1. The monoisotopic (exact) mass is 313 g/mol. The van der Waals surface area contributed by atoms with Gasteiger partial charge in [0.05, 0.1) is 7.11 Å². The number of carbonyl (C=O) groups excluding carboxylic acids is 1. The van der Waals surface area contributed by atoms with Crippen molar-refractivity contribution in [1.29, 1.82) is 0 Å². The lowest BCUT2D eigenvalue weighted by molar-refractivity contribution is -0.139. The maximum absolute atomic E-state index is 11.0. The van der Waals surface area contributed by atoms with Gasteiger partial charge in [0.1, 0.15) is 3.92 Å². The molecule has 0 fully saturated rings. The number of hydrogen-bond acceptors (Lipinski definition) is 3. The van der Waals surface area contributed by atoms with Gasteiger partial charge < -0.3 is 10.1 Å². The molecule has 2 unspecified atom stereocenters. The van der Waals surface area contributed by atoms with Gasteiger partial charge in [0, 0.05) is 6.54 Å². The standard InChI is InChI=1S/C10H20INO2/c1-4-5-8(2)6-12-7-9(11)10(13)14-3/h8-9,12H,4-7H2,1-3H3. The van der Waals surface area contributed by atoms with E-state index in [0.717, 1.165) is 6.54 Å². The molecule has 0 spiro atoms. The lowest BCUT2D eigenvalue weighted by Gasteiger charge is -2.13. The Bertz CT molecular complexity index is 164. The Balaban J connectivity index is 3.48. The molecule has 0 aliphatic rings. The van der Waals surface area contributed by atoms with Crippen LogP contribution in [0.25, 0.3) is 0 Å². The molecule has 0 aromatic carbocycles. The highest BCUT2D eigenvalue weighted by atomic mass is 127. The second kappa shape index (κ2) is 8.47. The van der Waals surface area contributed by atoms with Gasteiger partial charge in [0.15, 0.2) is 0 Å². The Kier molecular flexibility index (Phi) is 8.56. The number of hydrogen-bond donors (Lipinski definition) is 1. The van der Waals surface area contributed by atoms with Crippen LogP contribution >= 0.6 is 22.6 Å². The van der Waals surface area contributed by atoms with Gasteiger partial charge in [-0.05, 0) is 18.9 Å². The predicted molar refractivity (Wildman–Crippen MR) is 66.8 cm³/mol. The minimum atomic E-state index is -0.152. The summed E-state index contributed by atoms with van der Waals surface area (Å²) < 4.78 is 4.55. The molecule has 0 amide bonds. The average molecular weight is 313 g/mol. The number of alkyl halides is 1. The van der Waals surface area contributed by atoms with Crippen LogP contribution in [-0.2, 0) is 9.53 Å². The van der Waals surface area contributed by atoms with Gasteiger partial charge in [-0.2, -0.15) is 0 Å². The zero-order valence-corrected chi connectivity index (χ0v) is 11.3. The van der Waals surface area contributed by atoms with E-state index in [1.807, 2.05) is 0 Å². The fourth-order valence-electron chi connectivity index (χ4n) is 1.26. The number of rotatable bonds is 7. The summed E-state index contributed by atoms with van der Waals surface area (Å²) in [5, 5.41) is 3.28. The molecule has 3 nitrogen and oxygen atoms in total. The predicted octanol–water partition coefficient (Wildman–Crippen LogP) is 1.99. The van der Waals surface area contributed by atoms with Crippen LogP contribution in [0.1, 0.15) is 26.7 Å². The Hall–Kier alpha value is 0.160. The van der Waals surface area contributed by atoms with Crippen LogP contribution in [0.3, 0.4) is 0 Å². The molecule has 0 rings (SSSR count). The van der Waals surface area contributed by atoms with Crippen LogP contribution in [0.4, 0.5) is 0 Å². The third-order valence-corrected chi connectivity index (χ3v) is 3.00. The molecule has 0 heterocycles. The first-order valence-electron chi connectivity index (χ1n) is 5.04. The highest BCUT2D eigenvalue weighted by Crippen LogP contribution is 2.04. The van der Waals surface area contributed by atoms with Crippen molar-refractivity contribution >= 4 is 28.6 Å². The summed E-state index contributed by atoms with van der Waals surface area (Å²) in [6.07, 6.45) is 2.45. The Labute approximate surface area is 100 Å². The molecule has 0 radical (unpaired) electrons. The normalized spacial score (nSPS) is 14.9. The summed E-state index contributed by atoms with van der Waals surface area (Å²) in [5.74, 6) is 0.530. The number of halogens is 1. The van der Waals surface area contributed by atoms with Crippen molar-refractivity contribution in [2.45, 2.75) is 30.6 Å². The molecule has 0 aromatic heterocycles. The minimum absolute atomic E-state index is 0.0774. The Morgan fingerprint density at radius 2 is 2.14 bits per heavy atom. The summed E-state index contributed by atoms with van der Waals surface area (Å²) in [6.45, 7) is 6.08. The van der Waals surface area contributed by atoms with Crippen molar-refractivity contribution in [3.05, 3.63) is 0 Å². The molecule has 1 N–H and O–H groups in total. The van der Waals surface area contributed by atoms with E-state index in [4.69, 9.17) is 0 Å². The van der Waals surface area contributed by atoms with Crippen LogP contribution in [-0.4, -0.2) is 30.1 Å². The zero-order chi connectivity index (χ0) is 11.0. The van der Waals surface area contributed by atoms with Gasteiger partial charge >= 0.3 is 5.97 Å². The molecule has 4 heteroatoms. The fraction of sp³-hybridized carbons (Fsp3) is 0.900. The van der Waals surface area contributed by atoms with E-state index in [0.29, 0.717) is 12.5 Å². The van der Waals surface area contributed by atoms with Crippen molar-refractivity contribution < 1.29 is 9.53 Å². The summed E-state index contributed by atoms with van der Waals surface area (Å²) in [5.41, 5.74) is 0. The molecule has 14 heavy (non-hydrogen) atoms. The third-order valence-electron chi connectivity index (χ3n) is 2.05. The van der Waals surface area contributed by atoms with Crippen LogP contribution in [0.15, 0.2) is 0 Å².